The molecule has 0 amide bonds. The Hall–Kier alpha value is -3.04. The molecule has 10 heteroatoms. The number of alkyl halides is 3. The standard InChI is InChI=1S/C16H16F3N5O2/c1-9(2)26-11-5-4-10(8-12(11)25-3)20-13-6-7-14-21-22-15(16(17,18)19)24(14)23-13/h4-9H,1-3H3,(H,20,23). The van der Waals surface area contributed by atoms with E-state index in [1.807, 2.05) is 13.8 Å². The second kappa shape index (κ2) is 6.70. The van der Waals surface area contributed by atoms with Crippen LogP contribution < -0.4 is 14.8 Å². The van der Waals surface area contributed by atoms with E-state index in [1.165, 1.54) is 19.2 Å². The minimum Gasteiger partial charge on any atom is -0.493 e. The normalized spacial score (nSPS) is 11.8. The van der Waals surface area contributed by atoms with Crippen LogP contribution in [0.1, 0.15) is 19.7 Å². The van der Waals surface area contributed by atoms with Crippen molar-refractivity contribution in [2.75, 3.05) is 12.4 Å². The molecule has 2 heterocycles. The van der Waals surface area contributed by atoms with Gasteiger partial charge in [0, 0.05) is 11.8 Å². The zero-order valence-electron chi connectivity index (χ0n) is 14.2. The lowest BCUT2D eigenvalue weighted by molar-refractivity contribution is -0.146. The number of nitrogens with one attached hydrogen (secondary N) is 1. The van der Waals surface area contributed by atoms with Crippen molar-refractivity contribution < 1.29 is 22.6 Å². The summed E-state index contributed by atoms with van der Waals surface area (Å²) >= 11 is 0. The van der Waals surface area contributed by atoms with Crippen molar-refractivity contribution in [3.63, 3.8) is 0 Å². The molecule has 1 aromatic carbocycles. The summed E-state index contributed by atoms with van der Waals surface area (Å²) in [6.07, 6.45) is -4.68. The summed E-state index contributed by atoms with van der Waals surface area (Å²) in [5.74, 6) is 0.0662. The first kappa shape index (κ1) is 17.8. The topological polar surface area (TPSA) is 73.6 Å². The van der Waals surface area contributed by atoms with E-state index in [4.69, 9.17) is 9.47 Å². The molecule has 0 fully saturated rings. The maximum absolute atomic E-state index is 12.9. The minimum atomic E-state index is -4.65. The van der Waals surface area contributed by atoms with Gasteiger partial charge in [-0.05, 0) is 38.1 Å². The van der Waals surface area contributed by atoms with Gasteiger partial charge in [0.15, 0.2) is 23.0 Å². The molecule has 0 saturated heterocycles. The fraction of sp³-hybridized carbons (Fsp3) is 0.312. The highest BCUT2D eigenvalue weighted by molar-refractivity contribution is 5.62. The molecule has 138 valence electrons. The number of rotatable bonds is 5. The van der Waals surface area contributed by atoms with Crippen LogP contribution in [0.3, 0.4) is 0 Å². The molecule has 0 spiro atoms. The molecule has 0 atom stereocenters. The van der Waals surface area contributed by atoms with Gasteiger partial charge in [-0.3, -0.25) is 0 Å². The Bertz CT molecular complexity index is 924. The van der Waals surface area contributed by atoms with Crippen molar-refractivity contribution in [3.8, 4) is 11.5 Å². The van der Waals surface area contributed by atoms with Gasteiger partial charge in [0.05, 0.1) is 13.2 Å². The maximum Gasteiger partial charge on any atom is 0.453 e. The van der Waals surface area contributed by atoms with Gasteiger partial charge < -0.3 is 14.8 Å². The highest BCUT2D eigenvalue weighted by atomic mass is 19.4. The van der Waals surface area contributed by atoms with Crippen LogP contribution in [0, 0.1) is 0 Å². The molecule has 0 aliphatic rings. The summed E-state index contributed by atoms with van der Waals surface area (Å²) in [5, 5.41) is 13.4. The number of methoxy groups -OCH3 is 1. The second-order valence-electron chi connectivity index (χ2n) is 5.67. The third-order valence-electron chi connectivity index (χ3n) is 3.32. The zero-order chi connectivity index (χ0) is 18.9. The van der Waals surface area contributed by atoms with Crippen LogP contribution in [0.25, 0.3) is 5.65 Å². The van der Waals surface area contributed by atoms with Gasteiger partial charge >= 0.3 is 6.18 Å². The largest absolute Gasteiger partial charge is 0.493 e. The average Bonchev–Trinajstić information content (AvgIpc) is 2.99. The molecule has 0 unspecified atom stereocenters. The molecule has 7 nitrogen and oxygen atoms in total. The third kappa shape index (κ3) is 3.63. The van der Waals surface area contributed by atoms with E-state index in [2.05, 4.69) is 20.6 Å². The molecular weight excluding hydrogens is 351 g/mol. The van der Waals surface area contributed by atoms with E-state index in [0.717, 1.165) is 0 Å². The summed E-state index contributed by atoms with van der Waals surface area (Å²) in [6.45, 7) is 3.78. The maximum atomic E-state index is 12.9. The Labute approximate surface area is 146 Å². The number of anilines is 2. The van der Waals surface area contributed by atoms with Crippen LogP contribution in [0.2, 0.25) is 0 Å². The van der Waals surface area contributed by atoms with Gasteiger partial charge in [-0.2, -0.15) is 17.7 Å². The summed E-state index contributed by atoms with van der Waals surface area (Å²) in [6, 6.07) is 7.99. The van der Waals surface area contributed by atoms with Gasteiger partial charge in [-0.25, -0.2) is 0 Å². The zero-order valence-corrected chi connectivity index (χ0v) is 14.2. The van der Waals surface area contributed by atoms with Crippen molar-refractivity contribution in [3.05, 3.63) is 36.2 Å². The minimum absolute atomic E-state index is 0.00105. The van der Waals surface area contributed by atoms with Gasteiger partial charge in [-0.15, -0.1) is 15.3 Å². The molecular formula is C16H16F3N5O2. The number of aromatic nitrogens is 4. The molecule has 3 aromatic rings. The molecule has 0 aliphatic heterocycles. The van der Waals surface area contributed by atoms with E-state index < -0.39 is 12.0 Å². The summed E-state index contributed by atoms with van der Waals surface area (Å²) < 4.78 is 50.4. The van der Waals surface area contributed by atoms with E-state index in [-0.39, 0.29) is 17.6 Å². The van der Waals surface area contributed by atoms with Crippen LogP contribution in [0.4, 0.5) is 24.7 Å². The van der Waals surface area contributed by atoms with Gasteiger partial charge in [0.2, 0.25) is 0 Å². The molecule has 1 N–H and O–H groups in total. The van der Waals surface area contributed by atoms with Crippen LogP contribution in [0.15, 0.2) is 30.3 Å². The lowest BCUT2D eigenvalue weighted by Gasteiger charge is -2.15. The van der Waals surface area contributed by atoms with Crippen molar-refractivity contribution in [2.24, 2.45) is 0 Å². The molecule has 3 rings (SSSR count). The van der Waals surface area contributed by atoms with E-state index in [9.17, 15) is 13.2 Å². The SMILES string of the molecule is COc1cc(Nc2ccc3nnc(C(F)(F)F)n3n2)ccc1OC(C)C. The number of benzene rings is 1. The number of ether oxygens (including phenoxy) is 2. The van der Waals surface area contributed by atoms with Crippen molar-refractivity contribution in [1.82, 2.24) is 19.8 Å². The molecule has 26 heavy (non-hydrogen) atoms. The first-order valence-corrected chi connectivity index (χ1v) is 7.69. The fourth-order valence-corrected chi connectivity index (χ4v) is 2.28. The third-order valence-corrected chi connectivity index (χ3v) is 3.32. The first-order chi connectivity index (χ1) is 12.3. The fourth-order valence-electron chi connectivity index (χ4n) is 2.28. The molecule has 0 aliphatic carbocycles. The Morgan fingerprint density at radius 1 is 1.08 bits per heavy atom. The first-order valence-electron chi connectivity index (χ1n) is 7.69. The quantitative estimate of drug-likeness (QED) is 0.742. The molecule has 0 saturated carbocycles. The van der Waals surface area contributed by atoms with Crippen LogP contribution in [0.5, 0.6) is 11.5 Å². The Balaban J connectivity index is 1.91. The van der Waals surface area contributed by atoms with E-state index >= 15 is 0 Å². The van der Waals surface area contributed by atoms with Gasteiger partial charge in [0.1, 0.15) is 0 Å². The van der Waals surface area contributed by atoms with Crippen LogP contribution in [-0.2, 0) is 6.18 Å². The average molecular weight is 367 g/mol. The predicted molar refractivity (Wildman–Crippen MR) is 87.8 cm³/mol. The van der Waals surface area contributed by atoms with Gasteiger partial charge in [0.25, 0.3) is 5.82 Å². The highest BCUT2D eigenvalue weighted by Crippen LogP contribution is 2.32. The summed E-state index contributed by atoms with van der Waals surface area (Å²) in [4.78, 5) is 0. The number of nitrogens with zero attached hydrogens (tertiary/aromatic N) is 4. The molecule has 2 aromatic heterocycles. The number of hydrogen-bond acceptors (Lipinski definition) is 6. The molecule has 0 bridgehead atoms. The van der Waals surface area contributed by atoms with Crippen molar-refractivity contribution >= 4 is 17.2 Å². The number of halogens is 3. The predicted octanol–water partition coefficient (Wildman–Crippen LogP) is 3.68. The lowest BCUT2D eigenvalue weighted by Crippen LogP contribution is -2.13. The number of hydrogen-bond donors (Lipinski definition) is 1. The summed E-state index contributed by atoms with van der Waals surface area (Å²) in [7, 11) is 1.50. The summed E-state index contributed by atoms with van der Waals surface area (Å²) in [5.41, 5.74) is 0.576. The second-order valence-corrected chi connectivity index (χ2v) is 5.67. The van der Waals surface area contributed by atoms with Crippen molar-refractivity contribution in [1.29, 1.82) is 0 Å². The molecule has 0 radical (unpaired) electrons. The van der Waals surface area contributed by atoms with Crippen LogP contribution in [-0.4, -0.2) is 33.0 Å². The van der Waals surface area contributed by atoms with Crippen molar-refractivity contribution in [2.45, 2.75) is 26.1 Å². The van der Waals surface area contributed by atoms with Gasteiger partial charge in [-0.1, -0.05) is 0 Å². The lowest BCUT2D eigenvalue weighted by atomic mass is 10.2. The Morgan fingerprint density at radius 2 is 1.85 bits per heavy atom. The number of fused-ring (bicyclic) bond motifs is 1. The van der Waals surface area contributed by atoms with E-state index in [0.29, 0.717) is 21.7 Å². The van der Waals surface area contributed by atoms with E-state index in [1.54, 1.807) is 18.2 Å². The Morgan fingerprint density at radius 3 is 2.50 bits per heavy atom. The smallest absolute Gasteiger partial charge is 0.453 e. The Kier molecular flexibility index (Phi) is 4.58. The highest BCUT2D eigenvalue weighted by Gasteiger charge is 2.37. The van der Waals surface area contributed by atoms with Crippen LogP contribution >= 0.6 is 0 Å². The monoisotopic (exact) mass is 367 g/mol.